The molecule has 0 heterocycles. The molecule has 120 valence electrons. The van der Waals surface area contributed by atoms with E-state index < -0.39 is 24.7 Å². The molecule has 0 fully saturated rings. The highest BCUT2D eigenvalue weighted by molar-refractivity contribution is 7.54. The van der Waals surface area contributed by atoms with Crippen molar-refractivity contribution in [1.29, 1.82) is 0 Å². The van der Waals surface area contributed by atoms with Gasteiger partial charge in [-0.2, -0.15) is 13.2 Å². The molecule has 0 amide bonds. The molecule has 1 N–H and O–H groups in total. The van der Waals surface area contributed by atoms with Crippen molar-refractivity contribution in [2.75, 3.05) is 13.2 Å². The average molecular weight is 326 g/mol. The number of benzene rings is 1. The Bertz CT molecular complexity index is 501. The smallest absolute Gasteiger partial charge is 0.373 e. The Morgan fingerprint density at radius 3 is 1.76 bits per heavy atom. The average Bonchev–Trinajstić information content (AvgIpc) is 2.38. The van der Waals surface area contributed by atoms with Gasteiger partial charge < -0.3 is 14.2 Å². The van der Waals surface area contributed by atoms with Crippen LogP contribution in [0.3, 0.4) is 0 Å². The first-order chi connectivity index (χ1) is 9.58. The number of aliphatic hydroxyl groups is 1. The summed E-state index contributed by atoms with van der Waals surface area (Å²) in [6.45, 7) is 4.42. The predicted octanol–water partition coefficient (Wildman–Crippen LogP) is 4.14. The van der Waals surface area contributed by atoms with Gasteiger partial charge in [-0.15, -0.1) is 0 Å². The quantitative estimate of drug-likeness (QED) is 0.799. The molecule has 0 aliphatic carbocycles. The molecule has 1 rings (SSSR count). The Kier molecular flexibility index (Phi) is 5.61. The van der Waals surface area contributed by atoms with Gasteiger partial charge in [-0.25, -0.2) is 0 Å². The molecule has 0 aliphatic rings. The van der Waals surface area contributed by atoms with Crippen molar-refractivity contribution in [3.05, 3.63) is 35.4 Å². The minimum Gasteiger partial charge on any atom is -0.373 e. The number of alkyl halides is 3. The van der Waals surface area contributed by atoms with Crippen molar-refractivity contribution in [1.82, 2.24) is 0 Å². The molecular formula is C13H18F3O4P. The van der Waals surface area contributed by atoms with Crippen LogP contribution in [-0.4, -0.2) is 18.3 Å². The summed E-state index contributed by atoms with van der Waals surface area (Å²) in [7, 11) is -3.93. The maximum atomic E-state index is 12.6. The second-order valence-corrected chi connectivity index (χ2v) is 6.81. The van der Waals surface area contributed by atoms with E-state index in [0.29, 0.717) is 0 Å². The Hall–Kier alpha value is -0.880. The van der Waals surface area contributed by atoms with Crippen LogP contribution in [0.25, 0.3) is 0 Å². The van der Waals surface area contributed by atoms with E-state index in [0.717, 1.165) is 24.3 Å². The molecule has 0 saturated carbocycles. The number of hydrogen-bond donors (Lipinski definition) is 1. The van der Waals surface area contributed by atoms with E-state index in [1.165, 1.54) is 6.92 Å². The lowest BCUT2D eigenvalue weighted by atomic mass is 10.1. The third-order valence-electron chi connectivity index (χ3n) is 2.89. The monoisotopic (exact) mass is 326 g/mol. The topological polar surface area (TPSA) is 55.8 Å². The van der Waals surface area contributed by atoms with Crippen molar-refractivity contribution < 1.29 is 31.9 Å². The molecule has 4 nitrogen and oxygen atoms in total. The summed E-state index contributed by atoms with van der Waals surface area (Å²) in [5, 5.41) is 8.43. The van der Waals surface area contributed by atoms with Gasteiger partial charge in [0.15, 0.2) is 5.34 Å². The Morgan fingerprint density at radius 1 is 1.05 bits per heavy atom. The first-order valence-electron chi connectivity index (χ1n) is 6.37. The second kappa shape index (κ2) is 6.48. The van der Waals surface area contributed by atoms with Crippen molar-refractivity contribution >= 4 is 7.60 Å². The van der Waals surface area contributed by atoms with Crippen LogP contribution in [-0.2, 0) is 25.1 Å². The summed E-state index contributed by atoms with van der Waals surface area (Å²) in [6.07, 6.45) is -4.48. The van der Waals surface area contributed by atoms with Gasteiger partial charge in [0, 0.05) is 0 Å². The zero-order valence-corrected chi connectivity index (χ0v) is 12.9. The van der Waals surface area contributed by atoms with Gasteiger partial charge in [0.2, 0.25) is 0 Å². The van der Waals surface area contributed by atoms with Crippen molar-refractivity contribution in [3.8, 4) is 0 Å². The molecule has 1 aromatic carbocycles. The van der Waals surface area contributed by atoms with Gasteiger partial charge in [-0.05, 0) is 38.5 Å². The van der Waals surface area contributed by atoms with Gasteiger partial charge in [0.05, 0.1) is 18.8 Å². The summed E-state index contributed by atoms with van der Waals surface area (Å²) < 4.78 is 60.3. The summed E-state index contributed by atoms with van der Waals surface area (Å²) in [5.41, 5.74) is -0.828. The SMILES string of the molecule is CCOP(=O)(OCC)C(C)(O)c1ccc(C(F)(F)F)cc1. The zero-order valence-electron chi connectivity index (χ0n) is 12.0. The summed E-state index contributed by atoms with van der Waals surface area (Å²) >= 11 is 0. The highest BCUT2D eigenvalue weighted by Crippen LogP contribution is 2.63. The van der Waals surface area contributed by atoms with E-state index in [1.54, 1.807) is 13.8 Å². The van der Waals surface area contributed by atoms with E-state index >= 15 is 0 Å². The number of halogens is 3. The minimum absolute atomic E-state index is 0.0285. The Morgan fingerprint density at radius 2 is 1.43 bits per heavy atom. The van der Waals surface area contributed by atoms with Crippen LogP contribution in [0.15, 0.2) is 24.3 Å². The fourth-order valence-corrected chi connectivity index (χ4v) is 3.48. The molecule has 0 radical (unpaired) electrons. The van der Waals surface area contributed by atoms with E-state index in [9.17, 15) is 22.8 Å². The first-order valence-corrected chi connectivity index (χ1v) is 7.92. The fraction of sp³-hybridized carbons (Fsp3) is 0.538. The molecule has 0 aliphatic heterocycles. The second-order valence-electron chi connectivity index (χ2n) is 4.43. The minimum atomic E-state index is -4.48. The maximum Gasteiger partial charge on any atom is 0.416 e. The van der Waals surface area contributed by atoms with Crippen LogP contribution in [0.5, 0.6) is 0 Å². The third-order valence-corrected chi connectivity index (χ3v) is 5.41. The Balaban J connectivity index is 3.19. The number of hydrogen-bond acceptors (Lipinski definition) is 4. The lowest BCUT2D eigenvalue weighted by Gasteiger charge is -2.31. The lowest BCUT2D eigenvalue weighted by Crippen LogP contribution is -2.24. The largest absolute Gasteiger partial charge is 0.416 e. The predicted molar refractivity (Wildman–Crippen MR) is 71.9 cm³/mol. The molecule has 0 spiro atoms. The van der Waals surface area contributed by atoms with Crippen LogP contribution in [0, 0.1) is 0 Å². The molecular weight excluding hydrogens is 308 g/mol. The lowest BCUT2D eigenvalue weighted by molar-refractivity contribution is -0.137. The molecule has 1 atom stereocenters. The molecule has 0 aromatic heterocycles. The molecule has 1 aromatic rings. The van der Waals surface area contributed by atoms with Crippen LogP contribution in [0.4, 0.5) is 13.2 Å². The molecule has 1 unspecified atom stereocenters. The summed E-state index contributed by atoms with van der Waals surface area (Å²) in [5.74, 6) is 0. The number of rotatable bonds is 6. The molecule has 0 saturated heterocycles. The van der Waals surface area contributed by atoms with Gasteiger partial charge >= 0.3 is 13.8 Å². The van der Waals surface area contributed by atoms with E-state index in [1.807, 2.05) is 0 Å². The van der Waals surface area contributed by atoms with E-state index in [4.69, 9.17) is 9.05 Å². The van der Waals surface area contributed by atoms with E-state index in [-0.39, 0.29) is 18.8 Å². The van der Waals surface area contributed by atoms with Gasteiger partial charge in [0.1, 0.15) is 0 Å². The van der Waals surface area contributed by atoms with Crippen LogP contribution in [0.2, 0.25) is 0 Å². The summed E-state index contributed by atoms with van der Waals surface area (Å²) in [4.78, 5) is 0. The summed E-state index contributed by atoms with van der Waals surface area (Å²) in [6, 6.07) is 3.75. The van der Waals surface area contributed by atoms with Crippen LogP contribution < -0.4 is 0 Å². The van der Waals surface area contributed by atoms with Crippen molar-refractivity contribution in [2.24, 2.45) is 0 Å². The zero-order chi connectivity index (χ0) is 16.3. The fourth-order valence-electron chi connectivity index (χ4n) is 1.76. The molecule has 21 heavy (non-hydrogen) atoms. The highest BCUT2D eigenvalue weighted by Gasteiger charge is 2.47. The van der Waals surface area contributed by atoms with Gasteiger partial charge in [0.25, 0.3) is 0 Å². The van der Waals surface area contributed by atoms with Crippen LogP contribution >= 0.6 is 7.60 Å². The normalized spacial score (nSPS) is 15.8. The van der Waals surface area contributed by atoms with Crippen LogP contribution in [0.1, 0.15) is 31.9 Å². The van der Waals surface area contributed by atoms with Crippen molar-refractivity contribution in [2.45, 2.75) is 32.3 Å². The molecule has 8 heteroatoms. The third kappa shape index (κ3) is 3.86. The van der Waals surface area contributed by atoms with Crippen molar-refractivity contribution in [3.63, 3.8) is 0 Å². The standard InChI is InChI=1S/C13H18F3O4P/c1-4-19-21(18,20-5-2)12(3,17)10-6-8-11(9-7-10)13(14,15)16/h6-9,17H,4-5H2,1-3H3. The first kappa shape index (κ1) is 18.2. The van der Waals surface area contributed by atoms with E-state index in [2.05, 4.69) is 0 Å². The van der Waals surface area contributed by atoms with Gasteiger partial charge in [-0.1, -0.05) is 12.1 Å². The molecule has 0 bridgehead atoms. The Labute approximate surface area is 121 Å². The maximum absolute atomic E-state index is 12.6. The van der Waals surface area contributed by atoms with Gasteiger partial charge in [-0.3, -0.25) is 4.57 Å². The highest BCUT2D eigenvalue weighted by atomic mass is 31.2.